The lowest BCUT2D eigenvalue weighted by Crippen LogP contribution is -2.16. The number of rotatable bonds is 5. The number of carbonyl (C=O) groups excluding carboxylic acids is 1. The monoisotopic (exact) mass is 444 g/mol. The van der Waals surface area contributed by atoms with Crippen LogP contribution < -0.4 is 10.0 Å². The van der Waals surface area contributed by atoms with Gasteiger partial charge in [0.15, 0.2) is 0 Å². The number of nitrogens with one attached hydrogen (secondary N) is 2. The molecule has 2 N–H and O–H groups in total. The van der Waals surface area contributed by atoms with E-state index < -0.39 is 10.0 Å². The van der Waals surface area contributed by atoms with E-state index in [0.717, 1.165) is 10.0 Å². The first-order chi connectivity index (χ1) is 12.8. The summed E-state index contributed by atoms with van der Waals surface area (Å²) in [6.07, 6.45) is 0. The SMILES string of the molecule is Cc1ccc(NC(=O)c2cccc(S(=O)(=O)Nc3ccc(Br)cc3)c2)cc1. The second kappa shape index (κ2) is 7.94. The van der Waals surface area contributed by atoms with Gasteiger partial charge in [-0.15, -0.1) is 0 Å². The van der Waals surface area contributed by atoms with Crippen molar-refractivity contribution in [1.29, 1.82) is 0 Å². The van der Waals surface area contributed by atoms with Gasteiger partial charge < -0.3 is 5.32 Å². The van der Waals surface area contributed by atoms with Crippen LogP contribution in [-0.4, -0.2) is 14.3 Å². The van der Waals surface area contributed by atoms with Gasteiger partial charge in [-0.05, 0) is 61.5 Å². The average molecular weight is 445 g/mol. The minimum atomic E-state index is -3.81. The molecule has 3 aromatic carbocycles. The first kappa shape index (κ1) is 19.1. The van der Waals surface area contributed by atoms with Gasteiger partial charge in [0, 0.05) is 21.4 Å². The largest absolute Gasteiger partial charge is 0.322 e. The van der Waals surface area contributed by atoms with Crippen LogP contribution >= 0.6 is 15.9 Å². The molecule has 1 amide bonds. The van der Waals surface area contributed by atoms with Crippen molar-refractivity contribution in [2.45, 2.75) is 11.8 Å². The molecule has 0 atom stereocenters. The van der Waals surface area contributed by atoms with Crippen LogP contribution in [0.3, 0.4) is 0 Å². The number of hydrogen-bond acceptors (Lipinski definition) is 3. The smallest absolute Gasteiger partial charge is 0.261 e. The lowest BCUT2D eigenvalue weighted by molar-refractivity contribution is 0.102. The molecule has 3 rings (SSSR count). The van der Waals surface area contributed by atoms with Gasteiger partial charge >= 0.3 is 0 Å². The fraction of sp³-hybridized carbons (Fsp3) is 0.0500. The Morgan fingerprint density at radius 1 is 0.889 bits per heavy atom. The van der Waals surface area contributed by atoms with Crippen LogP contribution in [0.25, 0.3) is 0 Å². The molecule has 138 valence electrons. The summed E-state index contributed by atoms with van der Waals surface area (Å²) in [5, 5.41) is 2.76. The maximum Gasteiger partial charge on any atom is 0.261 e. The molecule has 0 saturated heterocycles. The fourth-order valence-electron chi connectivity index (χ4n) is 2.38. The van der Waals surface area contributed by atoms with Gasteiger partial charge in [-0.3, -0.25) is 9.52 Å². The van der Waals surface area contributed by atoms with E-state index in [1.807, 2.05) is 19.1 Å². The molecule has 0 aliphatic heterocycles. The van der Waals surface area contributed by atoms with Crippen molar-refractivity contribution in [2.75, 3.05) is 10.0 Å². The molecule has 0 radical (unpaired) electrons. The van der Waals surface area contributed by atoms with Crippen molar-refractivity contribution in [3.8, 4) is 0 Å². The molecular weight excluding hydrogens is 428 g/mol. The molecular formula is C20H17BrN2O3S. The fourth-order valence-corrected chi connectivity index (χ4v) is 3.75. The maximum absolute atomic E-state index is 12.6. The van der Waals surface area contributed by atoms with Crippen LogP contribution in [0.4, 0.5) is 11.4 Å². The third kappa shape index (κ3) is 4.96. The number of anilines is 2. The zero-order valence-electron chi connectivity index (χ0n) is 14.4. The van der Waals surface area contributed by atoms with Crippen LogP contribution in [-0.2, 0) is 10.0 Å². The predicted molar refractivity (Wildman–Crippen MR) is 111 cm³/mol. The molecule has 0 aliphatic carbocycles. The van der Waals surface area contributed by atoms with Crippen molar-refractivity contribution in [1.82, 2.24) is 0 Å². The Morgan fingerprint density at radius 2 is 1.52 bits per heavy atom. The lowest BCUT2D eigenvalue weighted by Gasteiger charge is -2.10. The molecule has 0 fully saturated rings. The number of sulfonamides is 1. The highest BCUT2D eigenvalue weighted by molar-refractivity contribution is 9.10. The van der Waals surface area contributed by atoms with Crippen molar-refractivity contribution in [3.63, 3.8) is 0 Å². The van der Waals surface area contributed by atoms with Crippen LogP contribution in [0, 0.1) is 6.92 Å². The van der Waals surface area contributed by atoms with Gasteiger partial charge in [0.05, 0.1) is 4.90 Å². The summed E-state index contributed by atoms with van der Waals surface area (Å²) in [6, 6.07) is 20.1. The Morgan fingerprint density at radius 3 is 2.19 bits per heavy atom. The Kier molecular flexibility index (Phi) is 5.62. The minimum Gasteiger partial charge on any atom is -0.322 e. The first-order valence-electron chi connectivity index (χ1n) is 8.10. The normalized spacial score (nSPS) is 11.0. The molecule has 0 heterocycles. The Labute approximate surface area is 166 Å². The number of benzene rings is 3. The molecule has 5 nitrogen and oxygen atoms in total. The average Bonchev–Trinajstić information content (AvgIpc) is 2.65. The zero-order chi connectivity index (χ0) is 19.4. The lowest BCUT2D eigenvalue weighted by atomic mass is 10.2. The van der Waals surface area contributed by atoms with Gasteiger partial charge in [0.25, 0.3) is 15.9 Å². The second-order valence-corrected chi connectivity index (χ2v) is 8.56. The number of hydrogen-bond donors (Lipinski definition) is 2. The topological polar surface area (TPSA) is 75.3 Å². The highest BCUT2D eigenvalue weighted by atomic mass is 79.9. The molecule has 3 aromatic rings. The van der Waals surface area contributed by atoms with Crippen molar-refractivity contribution in [2.24, 2.45) is 0 Å². The van der Waals surface area contributed by atoms with Gasteiger partial charge in [0.1, 0.15) is 0 Å². The minimum absolute atomic E-state index is 0.0157. The van der Waals surface area contributed by atoms with E-state index in [1.54, 1.807) is 48.5 Å². The van der Waals surface area contributed by atoms with Crippen LogP contribution in [0.15, 0.2) is 82.2 Å². The zero-order valence-corrected chi connectivity index (χ0v) is 16.8. The molecule has 0 unspecified atom stereocenters. The number of aryl methyl sites for hydroxylation is 1. The quantitative estimate of drug-likeness (QED) is 0.592. The van der Waals surface area contributed by atoms with Crippen LogP contribution in [0.2, 0.25) is 0 Å². The second-order valence-electron chi connectivity index (χ2n) is 5.96. The summed E-state index contributed by atoms with van der Waals surface area (Å²) in [5.41, 5.74) is 2.42. The summed E-state index contributed by atoms with van der Waals surface area (Å²) in [6.45, 7) is 1.96. The predicted octanol–water partition coefficient (Wildman–Crippen LogP) is 4.81. The highest BCUT2D eigenvalue weighted by Gasteiger charge is 2.16. The third-order valence-corrected chi connectivity index (χ3v) is 5.72. The molecule has 0 aromatic heterocycles. The summed E-state index contributed by atoms with van der Waals surface area (Å²) in [7, 11) is -3.81. The van der Waals surface area contributed by atoms with E-state index in [0.29, 0.717) is 11.4 Å². The summed E-state index contributed by atoms with van der Waals surface area (Å²) >= 11 is 3.30. The van der Waals surface area contributed by atoms with E-state index in [9.17, 15) is 13.2 Å². The molecule has 7 heteroatoms. The van der Waals surface area contributed by atoms with E-state index in [1.165, 1.54) is 12.1 Å². The summed E-state index contributed by atoms with van der Waals surface area (Å²) in [5.74, 6) is -0.375. The van der Waals surface area contributed by atoms with E-state index in [2.05, 4.69) is 26.0 Å². The van der Waals surface area contributed by atoms with Gasteiger partial charge in [-0.25, -0.2) is 8.42 Å². The van der Waals surface area contributed by atoms with Crippen molar-refractivity contribution < 1.29 is 13.2 Å². The van der Waals surface area contributed by atoms with Crippen LogP contribution in [0.1, 0.15) is 15.9 Å². The standard InChI is InChI=1S/C20H17BrN2O3S/c1-14-5-9-17(10-6-14)22-20(24)15-3-2-4-19(13-15)27(25,26)23-18-11-7-16(21)8-12-18/h2-13,23H,1H3,(H,22,24). The Balaban J connectivity index is 1.80. The van der Waals surface area contributed by atoms with Crippen LogP contribution in [0.5, 0.6) is 0 Å². The number of halogens is 1. The van der Waals surface area contributed by atoms with E-state index >= 15 is 0 Å². The third-order valence-electron chi connectivity index (χ3n) is 3.81. The van der Waals surface area contributed by atoms with Crippen molar-refractivity contribution >= 4 is 43.2 Å². The van der Waals surface area contributed by atoms with Gasteiger partial charge in [0.2, 0.25) is 0 Å². The maximum atomic E-state index is 12.6. The number of carbonyl (C=O) groups is 1. The number of amides is 1. The van der Waals surface area contributed by atoms with Gasteiger partial charge in [-0.1, -0.05) is 39.7 Å². The highest BCUT2D eigenvalue weighted by Crippen LogP contribution is 2.20. The van der Waals surface area contributed by atoms with E-state index in [4.69, 9.17) is 0 Å². The van der Waals surface area contributed by atoms with Gasteiger partial charge in [-0.2, -0.15) is 0 Å². The van der Waals surface area contributed by atoms with Crippen molar-refractivity contribution in [3.05, 3.63) is 88.4 Å². The molecule has 0 saturated carbocycles. The molecule has 27 heavy (non-hydrogen) atoms. The molecule has 0 bridgehead atoms. The molecule has 0 aliphatic rings. The molecule has 0 spiro atoms. The van der Waals surface area contributed by atoms with E-state index in [-0.39, 0.29) is 16.4 Å². The summed E-state index contributed by atoms with van der Waals surface area (Å²) in [4.78, 5) is 12.5. The first-order valence-corrected chi connectivity index (χ1v) is 10.4. The summed E-state index contributed by atoms with van der Waals surface area (Å²) < 4.78 is 28.6. The Bertz CT molecular complexity index is 1060. The Hall–Kier alpha value is -2.64.